The highest BCUT2D eigenvalue weighted by molar-refractivity contribution is 5.32. The molecule has 1 atom stereocenters. The Bertz CT molecular complexity index is 433. The highest BCUT2D eigenvalue weighted by atomic mass is 16.6. The van der Waals surface area contributed by atoms with Gasteiger partial charge in [-0.05, 0) is 45.0 Å². The molecule has 0 aromatic heterocycles. The quantitative estimate of drug-likeness (QED) is 0.493. The number of benzene rings is 1. The summed E-state index contributed by atoms with van der Waals surface area (Å²) in [5.74, 6) is 0. The van der Waals surface area contributed by atoms with E-state index in [-0.39, 0.29) is 10.6 Å². The van der Waals surface area contributed by atoms with Gasteiger partial charge < -0.3 is 10.2 Å². The Balaban J connectivity index is 1.69. The average molecular weight is 277 g/mol. The lowest BCUT2D eigenvalue weighted by Crippen LogP contribution is -2.38. The molecule has 0 saturated carbocycles. The van der Waals surface area contributed by atoms with Crippen LogP contribution in [0.1, 0.15) is 31.2 Å². The minimum atomic E-state index is -0.365. The molecule has 1 aromatic carbocycles. The second kappa shape index (κ2) is 7.36. The zero-order valence-corrected chi connectivity index (χ0v) is 12.0. The Morgan fingerprint density at radius 3 is 2.75 bits per heavy atom. The lowest BCUT2D eigenvalue weighted by atomic mass is 10.0. The number of non-ortho nitro benzene ring substituents is 1. The van der Waals surface area contributed by atoms with Crippen LogP contribution in [-0.4, -0.2) is 36.0 Å². The van der Waals surface area contributed by atoms with E-state index in [0.29, 0.717) is 6.04 Å². The van der Waals surface area contributed by atoms with Crippen LogP contribution in [0.3, 0.4) is 0 Å². The molecule has 0 bridgehead atoms. The van der Waals surface area contributed by atoms with E-state index in [4.69, 9.17) is 0 Å². The summed E-state index contributed by atoms with van der Waals surface area (Å²) in [6.07, 6.45) is 5.14. The van der Waals surface area contributed by atoms with Gasteiger partial charge in [-0.15, -0.1) is 0 Å². The van der Waals surface area contributed by atoms with Crippen molar-refractivity contribution in [3.8, 4) is 0 Å². The Morgan fingerprint density at radius 1 is 1.35 bits per heavy atom. The first-order chi connectivity index (χ1) is 9.66. The molecule has 1 unspecified atom stereocenters. The van der Waals surface area contributed by atoms with E-state index in [0.717, 1.165) is 18.7 Å². The maximum atomic E-state index is 10.6. The van der Waals surface area contributed by atoms with Gasteiger partial charge in [0.1, 0.15) is 0 Å². The smallest absolute Gasteiger partial charge is 0.269 e. The van der Waals surface area contributed by atoms with Gasteiger partial charge >= 0.3 is 0 Å². The third-order valence-corrected chi connectivity index (χ3v) is 4.05. The van der Waals surface area contributed by atoms with Crippen LogP contribution in [0.4, 0.5) is 5.69 Å². The zero-order valence-electron chi connectivity index (χ0n) is 12.0. The number of hydrogen-bond acceptors (Lipinski definition) is 4. The summed E-state index contributed by atoms with van der Waals surface area (Å²) in [7, 11) is 2.21. The summed E-state index contributed by atoms with van der Waals surface area (Å²) in [5.41, 5.74) is 1.24. The summed E-state index contributed by atoms with van der Waals surface area (Å²) in [6, 6.07) is 7.46. The van der Waals surface area contributed by atoms with Gasteiger partial charge in [0.25, 0.3) is 5.69 Å². The molecule has 1 saturated heterocycles. The van der Waals surface area contributed by atoms with E-state index in [9.17, 15) is 10.1 Å². The molecular formula is C15H23N3O2. The summed E-state index contributed by atoms with van der Waals surface area (Å²) in [5, 5.41) is 14.0. The Kier molecular flexibility index (Phi) is 5.49. The maximum Gasteiger partial charge on any atom is 0.269 e. The molecule has 1 N–H and O–H groups in total. The van der Waals surface area contributed by atoms with Crippen LogP contribution < -0.4 is 5.32 Å². The summed E-state index contributed by atoms with van der Waals surface area (Å²) >= 11 is 0. The number of nitrogens with zero attached hydrogens (tertiary/aromatic N) is 2. The van der Waals surface area contributed by atoms with E-state index in [1.807, 2.05) is 12.1 Å². The van der Waals surface area contributed by atoms with Crippen molar-refractivity contribution in [3.63, 3.8) is 0 Å². The van der Waals surface area contributed by atoms with Gasteiger partial charge in [0.05, 0.1) is 4.92 Å². The summed E-state index contributed by atoms with van der Waals surface area (Å²) < 4.78 is 0. The molecule has 0 aliphatic carbocycles. The van der Waals surface area contributed by atoms with Crippen molar-refractivity contribution in [2.45, 2.75) is 38.3 Å². The van der Waals surface area contributed by atoms with E-state index in [2.05, 4.69) is 17.3 Å². The molecule has 1 aliphatic heterocycles. The third-order valence-electron chi connectivity index (χ3n) is 4.05. The van der Waals surface area contributed by atoms with Gasteiger partial charge in [-0.1, -0.05) is 18.6 Å². The Labute approximate surface area is 120 Å². The van der Waals surface area contributed by atoms with Crippen molar-refractivity contribution < 1.29 is 4.92 Å². The first-order valence-corrected chi connectivity index (χ1v) is 7.31. The number of piperidine rings is 1. The van der Waals surface area contributed by atoms with Crippen LogP contribution in [0.25, 0.3) is 0 Å². The molecule has 1 aliphatic rings. The second-order valence-corrected chi connectivity index (χ2v) is 5.52. The molecule has 0 spiro atoms. The maximum absolute atomic E-state index is 10.6. The topological polar surface area (TPSA) is 58.4 Å². The summed E-state index contributed by atoms with van der Waals surface area (Å²) in [4.78, 5) is 12.7. The molecule has 5 heteroatoms. The lowest BCUT2D eigenvalue weighted by Gasteiger charge is -2.32. The van der Waals surface area contributed by atoms with Crippen molar-refractivity contribution >= 4 is 5.69 Å². The van der Waals surface area contributed by atoms with Crippen molar-refractivity contribution in [3.05, 3.63) is 39.9 Å². The van der Waals surface area contributed by atoms with Gasteiger partial charge in [0, 0.05) is 24.7 Å². The number of likely N-dealkylation sites (tertiary alicyclic amines) is 1. The molecule has 1 heterocycles. The van der Waals surface area contributed by atoms with Crippen molar-refractivity contribution in [1.29, 1.82) is 0 Å². The second-order valence-electron chi connectivity index (χ2n) is 5.52. The van der Waals surface area contributed by atoms with Crippen molar-refractivity contribution in [2.24, 2.45) is 0 Å². The van der Waals surface area contributed by atoms with Crippen LogP contribution >= 0.6 is 0 Å². The van der Waals surface area contributed by atoms with Gasteiger partial charge in [-0.3, -0.25) is 10.1 Å². The van der Waals surface area contributed by atoms with Crippen LogP contribution in [0.5, 0.6) is 0 Å². The highest BCUT2D eigenvalue weighted by Crippen LogP contribution is 2.17. The van der Waals surface area contributed by atoms with Crippen molar-refractivity contribution in [1.82, 2.24) is 10.2 Å². The van der Waals surface area contributed by atoms with E-state index >= 15 is 0 Å². The predicted octanol–water partition coefficient (Wildman–Crippen LogP) is 2.56. The Hall–Kier alpha value is -1.46. The van der Waals surface area contributed by atoms with Gasteiger partial charge in [-0.2, -0.15) is 0 Å². The normalized spacial score (nSPS) is 19.9. The molecule has 2 rings (SSSR count). The number of rotatable bonds is 6. The van der Waals surface area contributed by atoms with E-state index in [1.165, 1.54) is 32.2 Å². The first kappa shape index (κ1) is 14.9. The fraction of sp³-hybridized carbons (Fsp3) is 0.600. The monoisotopic (exact) mass is 277 g/mol. The molecular weight excluding hydrogens is 254 g/mol. The number of nitrogens with one attached hydrogen (secondary N) is 1. The zero-order chi connectivity index (χ0) is 14.4. The lowest BCUT2D eigenvalue weighted by molar-refractivity contribution is -0.384. The van der Waals surface area contributed by atoms with Crippen LogP contribution in [-0.2, 0) is 6.54 Å². The van der Waals surface area contributed by atoms with Gasteiger partial charge in [0.15, 0.2) is 0 Å². The van der Waals surface area contributed by atoms with Gasteiger partial charge in [0.2, 0.25) is 0 Å². The van der Waals surface area contributed by atoms with Gasteiger partial charge in [-0.25, -0.2) is 0 Å². The third kappa shape index (κ3) is 4.28. The van der Waals surface area contributed by atoms with E-state index < -0.39 is 0 Å². The molecule has 1 aromatic rings. The largest absolute Gasteiger partial charge is 0.313 e. The molecule has 5 nitrogen and oxygen atoms in total. The molecule has 1 fully saturated rings. The van der Waals surface area contributed by atoms with Crippen molar-refractivity contribution in [2.75, 3.05) is 20.1 Å². The molecule has 0 radical (unpaired) electrons. The first-order valence-electron chi connectivity index (χ1n) is 7.31. The standard InChI is InChI=1S/C15H23N3O2/c1-17-11-3-2-4-14(17)9-10-16-12-13-5-7-15(8-6-13)18(19)20/h5-8,14,16H,2-4,9-12H2,1H3. The Morgan fingerprint density at radius 2 is 2.10 bits per heavy atom. The van der Waals surface area contributed by atoms with Crippen LogP contribution in [0.15, 0.2) is 24.3 Å². The molecule has 20 heavy (non-hydrogen) atoms. The average Bonchev–Trinajstić information content (AvgIpc) is 2.46. The van der Waals surface area contributed by atoms with Crippen LogP contribution in [0.2, 0.25) is 0 Å². The number of hydrogen-bond donors (Lipinski definition) is 1. The molecule has 0 amide bonds. The minimum absolute atomic E-state index is 0.151. The fourth-order valence-electron chi connectivity index (χ4n) is 2.75. The van der Waals surface area contributed by atoms with Crippen LogP contribution in [0, 0.1) is 10.1 Å². The SMILES string of the molecule is CN1CCCCC1CCNCc1ccc([N+](=O)[O-])cc1. The van der Waals surface area contributed by atoms with E-state index in [1.54, 1.807) is 12.1 Å². The predicted molar refractivity (Wildman–Crippen MR) is 79.7 cm³/mol. The number of nitro benzene ring substituents is 1. The molecule has 110 valence electrons. The fourth-order valence-corrected chi connectivity index (χ4v) is 2.75. The summed E-state index contributed by atoms with van der Waals surface area (Å²) in [6.45, 7) is 2.98. The minimum Gasteiger partial charge on any atom is -0.313 e. The highest BCUT2D eigenvalue weighted by Gasteiger charge is 2.17. The number of nitro groups is 1.